The van der Waals surface area contributed by atoms with Gasteiger partial charge in [-0.1, -0.05) is 32.9 Å². The van der Waals surface area contributed by atoms with E-state index in [0.29, 0.717) is 18.3 Å². The topological polar surface area (TPSA) is 86.6 Å². The number of Topliss-reactive ketones (excluding diaryl/α,β-unsaturated/α-hetero) is 1. The van der Waals surface area contributed by atoms with Crippen LogP contribution in [-0.2, 0) is 9.59 Å². The van der Waals surface area contributed by atoms with Crippen molar-refractivity contribution in [1.29, 1.82) is 0 Å². The fraction of sp³-hybridized carbons (Fsp3) is 0.652. The molecular weight excluding hydrogens is 354 g/mol. The molecule has 5 heteroatoms. The minimum Gasteiger partial charge on any atom is -0.505 e. The Kier molecular flexibility index (Phi) is 5.59. The summed E-state index contributed by atoms with van der Waals surface area (Å²) in [7, 11) is 0. The van der Waals surface area contributed by atoms with E-state index in [1.165, 1.54) is 5.57 Å². The Labute approximate surface area is 167 Å². The molecule has 28 heavy (non-hydrogen) atoms. The summed E-state index contributed by atoms with van der Waals surface area (Å²) in [5.74, 6) is -0.626. The van der Waals surface area contributed by atoms with E-state index in [4.69, 9.17) is 5.11 Å². The van der Waals surface area contributed by atoms with Gasteiger partial charge < -0.3 is 15.5 Å². The van der Waals surface area contributed by atoms with Crippen molar-refractivity contribution in [2.45, 2.75) is 59.3 Å². The number of fused-ring (bicyclic) bond motifs is 1. The van der Waals surface area contributed by atoms with E-state index >= 15 is 0 Å². The van der Waals surface area contributed by atoms with Gasteiger partial charge in [0, 0.05) is 18.2 Å². The highest BCUT2D eigenvalue weighted by Crippen LogP contribution is 2.63. The molecule has 3 aliphatic carbocycles. The highest BCUT2D eigenvalue weighted by molar-refractivity contribution is 6.48. The minimum atomic E-state index is -0.615. The first-order valence-corrected chi connectivity index (χ1v) is 10.4. The third-order valence-corrected chi connectivity index (χ3v) is 7.87. The van der Waals surface area contributed by atoms with Crippen molar-refractivity contribution in [1.82, 2.24) is 5.32 Å². The molecule has 2 saturated carbocycles. The number of rotatable bonds is 5. The van der Waals surface area contributed by atoms with Crippen LogP contribution in [0.4, 0.5) is 0 Å². The molecule has 4 unspecified atom stereocenters. The number of aliphatic hydroxyl groups is 2. The van der Waals surface area contributed by atoms with Crippen molar-refractivity contribution < 1.29 is 19.8 Å². The summed E-state index contributed by atoms with van der Waals surface area (Å²) in [4.78, 5) is 24.9. The van der Waals surface area contributed by atoms with Crippen LogP contribution >= 0.6 is 0 Å². The normalized spacial score (nSPS) is 36.3. The quantitative estimate of drug-likeness (QED) is 0.381. The molecule has 0 spiro atoms. The van der Waals surface area contributed by atoms with Crippen LogP contribution in [-0.4, -0.2) is 34.9 Å². The zero-order chi connectivity index (χ0) is 20.7. The summed E-state index contributed by atoms with van der Waals surface area (Å²) in [5.41, 5.74) is 1.59. The summed E-state index contributed by atoms with van der Waals surface area (Å²) >= 11 is 0. The average Bonchev–Trinajstić information content (AvgIpc) is 2.66. The SMILES string of the molecule is C=C1CCCC2C1(C)CCC(C)C2(C)CC1=C(O)C(NCCO)=CC(=O)C1=O. The molecular formula is C23H33NO4. The van der Waals surface area contributed by atoms with Crippen LogP contribution < -0.4 is 5.32 Å². The first-order chi connectivity index (χ1) is 13.1. The summed E-state index contributed by atoms with van der Waals surface area (Å²) in [6.07, 6.45) is 6.91. The van der Waals surface area contributed by atoms with E-state index in [0.717, 1.165) is 38.2 Å². The van der Waals surface area contributed by atoms with E-state index in [9.17, 15) is 14.7 Å². The van der Waals surface area contributed by atoms with Crippen LogP contribution in [0.2, 0.25) is 0 Å². The highest BCUT2D eigenvalue weighted by atomic mass is 16.3. The zero-order valence-corrected chi connectivity index (χ0v) is 17.3. The molecule has 4 atom stereocenters. The lowest BCUT2D eigenvalue weighted by Crippen LogP contribution is -2.51. The number of ketones is 2. The molecule has 3 aliphatic rings. The lowest BCUT2D eigenvalue weighted by molar-refractivity contribution is -0.132. The largest absolute Gasteiger partial charge is 0.505 e. The number of aliphatic hydroxyl groups excluding tert-OH is 2. The standard InChI is InChI=1S/C23H33NO4/c1-14-6-5-7-19-22(14,3)9-8-15(2)23(19,4)13-16-20(27)17(24-10-11-25)12-18(26)21(16)28/h12,15,19,24-25,27H,1,5-11,13H2,2-4H3. The van der Waals surface area contributed by atoms with Gasteiger partial charge in [0.25, 0.3) is 0 Å². The number of carbonyl (C=O) groups is 2. The second kappa shape index (κ2) is 7.51. The molecule has 0 bridgehead atoms. The van der Waals surface area contributed by atoms with Gasteiger partial charge in [0.2, 0.25) is 11.6 Å². The first-order valence-electron chi connectivity index (χ1n) is 10.4. The van der Waals surface area contributed by atoms with Crippen molar-refractivity contribution in [3.8, 4) is 0 Å². The predicted octanol–water partition coefficient (Wildman–Crippen LogP) is 3.61. The monoisotopic (exact) mass is 387 g/mol. The van der Waals surface area contributed by atoms with Crippen LogP contribution in [0.3, 0.4) is 0 Å². The molecule has 0 heterocycles. The molecule has 5 nitrogen and oxygen atoms in total. The Morgan fingerprint density at radius 3 is 2.68 bits per heavy atom. The first kappa shape index (κ1) is 20.8. The van der Waals surface area contributed by atoms with Gasteiger partial charge in [0.15, 0.2) is 0 Å². The molecule has 3 N–H and O–H groups in total. The van der Waals surface area contributed by atoms with Gasteiger partial charge in [0.1, 0.15) is 5.76 Å². The summed E-state index contributed by atoms with van der Waals surface area (Å²) in [6.45, 7) is 11.2. The second-order valence-electron chi connectivity index (χ2n) is 9.32. The molecule has 0 aromatic carbocycles. The van der Waals surface area contributed by atoms with Crippen molar-refractivity contribution in [3.63, 3.8) is 0 Å². The molecule has 0 aromatic heterocycles. The lowest BCUT2D eigenvalue weighted by Gasteiger charge is -2.59. The molecule has 2 fully saturated rings. The van der Waals surface area contributed by atoms with E-state index in [1.807, 2.05) is 0 Å². The van der Waals surface area contributed by atoms with Gasteiger partial charge >= 0.3 is 0 Å². The van der Waals surface area contributed by atoms with E-state index in [1.54, 1.807) is 0 Å². The Morgan fingerprint density at radius 2 is 2.00 bits per heavy atom. The Bertz CT molecular complexity index is 765. The van der Waals surface area contributed by atoms with Crippen LogP contribution in [0.5, 0.6) is 0 Å². The number of nitrogens with one attached hydrogen (secondary N) is 1. The van der Waals surface area contributed by atoms with Crippen molar-refractivity contribution >= 4 is 11.6 Å². The van der Waals surface area contributed by atoms with Crippen LogP contribution in [0.15, 0.2) is 35.3 Å². The zero-order valence-electron chi connectivity index (χ0n) is 17.3. The van der Waals surface area contributed by atoms with Gasteiger partial charge in [-0.2, -0.15) is 0 Å². The average molecular weight is 388 g/mol. The smallest absolute Gasteiger partial charge is 0.232 e. The Balaban J connectivity index is 1.99. The van der Waals surface area contributed by atoms with Crippen LogP contribution in [0.25, 0.3) is 0 Å². The highest BCUT2D eigenvalue weighted by Gasteiger charge is 2.54. The molecule has 0 aliphatic heterocycles. The molecule has 0 radical (unpaired) electrons. The minimum absolute atomic E-state index is 0.0468. The maximum atomic E-state index is 12.7. The van der Waals surface area contributed by atoms with Crippen LogP contribution in [0, 0.1) is 22.7 Å². The van der Waals surface area contributed by atoms with E-state index in [-0.39, 0.29) is 41.0 Å². The molecule has 0 aromatic rings. The van der Waals surface area contributed by atoms with E-state index < -0.39 is 11.6 Å². The summed E-state index contributed by atoms with van der Waals surface area (Å²) in [6, 6.07) is 0. The third-order valence-electron chi connectivity index (χ3n) is 7.87. The fourth-order valence-corrected chi connectivity index (χ4v) is 5.82. The lowest BCUT2D eigenvalue weighted by atomic mass is 9.46. The predicted molar refractivity (Wildman–Crippen MR) is 109 cm³/mol. The van der Waals surface area contributed by atoms with Gasteiger partial charge in [-0.05, 0) is 61.2 Å². The number of allylic oxidation sites excluding steroid dienone is 3. The van der Waals surface area contributed by atoms with Crippen molar-refractivity contribution in [2.24, 2.45) is 22.7 Å². The van der Waals surface area contributed by atoms with Gasteiger partial charge in [-0.25, -0.2) is 0 Å². The summed E-state index contributed by atoms with van der Waals surface area (Å²) in [5, 5.41) is 22.7. The van der Waals surface area contributed by atoms with Gasteiger partial charge in [0.05, 0.1) is 12.3 Å². The Morgan fingerprint density at radius 1 is 1.29 bits per heavy atom. The molecule has 0 amide bonds. The number of carbonyl (C=O) groups excluding carboxylic acids is 2. The number of hydrogen-bond acceptors (Lipinski definition) is 5. The van der Waals surface area contributed by atoms with Gasteiger partial charge in [-0.15, -0.1) is 0 Å². The molecule has 154 valence electrons. The van der Waals surface area contributed by atoms with Crippen molar-refractivity contribution in [2.75, 3.05) is 13.2 Å². The molecule has 0 saturated heterocycles. The maximum Gasteiger partial charge on any atom is 0.232 e. The Hall–Kier alpha value is -1.88. The number of hydrogen-bond donors (Lipinski definition) is 3. The van der Waals surface area contributed by atoms with Crippen LogP contribution in [0.1, 0.15) is 59.3 Å². The van der Waals surface area contributed by atoms with Gasteiger partial charge in [-0.3, -0.25) is 9.59 Å². The van der Waals surface area contributed by atoms with E-state index in [2.05, 4.69) is 32.7 Å². The maximum absolute atomic E-state index is 12.7. The fourth-order valence-electron chi connectivity index (χ4n) is 5.82. The third kappa shape index (κ3) is 3.24. The summed E-state index contributed by atoms with van der Waals surface area (Å²) < 4.78 is 0. The van der Waals surface area contributed by atoms with Crippen molar-refractivity contribution in [3.05, 3.63) is 35.3 Å². The second-order valence-corrected chi connectivity index (χ2v) is 9.32. The molecule has 3 rings (SSSR count).